The van der Waals surface area contributed by atoms with E-state index in [-0.39, 0.29) is 0 Å². The highest BCUT2D eigenvalue weighted by atomic mass is 28.3. The molecular weight excluding hydrogens is 1690 g/mol. The molecule has 0 bridgehead atoms. The third-order valence-corrected chi connectivity index (χ3v) is 51.2. The van der Waals surface area contributed by atoms with E-state index in [2.05, 4.69) is 461 Å². The summed E-state index contributed by atoms with van der Waals surface area (Å²) >= 11 is 0. The first-order chi connectivity index (χ1) is 64.7. The second-order valence-electron chi connectivity index (χ2n) is 44.4. The van der Waals surface area contributed by atoms with Gasteiger partial charge in [-0.15, -0.1) is 0 Å². The van der Waals surface area contributed by atoms with Gasteiger partial charge in [-0.25, -0.2) is 18.3 Å². The molecule has 8 heterocycles. The first-order valence-electron chi connectivity index (χ1n) is 51.2. The van der Waals surface area contributed by atoms with Crippen LogP contribution < -0.4 is 39.0 Å². The fraction of sp³-hybridized carbons (Fsp3) is 0.339. The zero-order chi connectivity index (χ0) is 95.2. The van der Waals surface area contributed by atoms with Crippen LogP contribution in [0.15, 0.2) is 292 Å². The molecule has 135 heavy (non-hydrogen) atoms. The van der Waals surface area contributed by atoms with Gasteiger partial charge in [0.05, 0.1) is 76.1 Å². The highest BCUT2D eigenvalue weighted by Crippen LogP contribution is 2.46. The first kappa shape index (κ1) is 95.9. The van der Waals surface area contributed by atoms with E-state index in [1.165, 1.54) is 277 Å². The van der Waals surface area contributed by atoms with Gasteiger partial charge >= 0.3 is 0 Å². The van der Waals surface area contributed by atoms with Crippen LogP contribution in [-0.2, 0) is 28.2 Å². The number of aromatic nitrogens is 4. The van der Waals surface area contributed by atoms with Gasteiger partial charge in [-0.1, -0.05) is 410 Å². The van der Waals surface area contributed by atoms with Crippen molar-refractivity contribution in [3.63, 3.8) is 0 Å². The second-order valence-corrected chi connectivity index (χ2v) is 63.2. The van der Waals surface area contributed by atoms with Gasteiger partial charge in [-0.2, -0.15) is 0 Å². The van der Waals surface area contributed by atoms with Crippen molar-refractivity contribution < 1.29 is 18.3 Å². The number of rotatable bonds is 16. The third kappa shape index (κ3) is 19.8. The topological polar surface area (TPSA) is 15.5 Å². The maximum absolute atomic E-state index is 2.62. The molecule has 4 nitrogen and oxygen atoms in total. The molecule has 4 fully saturated rings. The zero-order valence-corrected chi connectivity index (χ0v) is 89.6. The number of fused-ring (bicyclic) bond motifs is 4. The minimum absolute atomic E-state index is 0.473. The Morgan fingerprint density at radius 1 is 0.237 bits per heavy atom. The minimum atomic E-state index is -1.42. The zero-order valence-electron chi connectivity index (χ0n) is 85.6. The molecule has 12 aromatic carbocycles. The largest absolute Gasteiger partial charge is 0.220 e. The normalized spacial score (nSPS) is 15.9. The van der Waals surface area contributed by atoms with Crippen molar-refractivity contribution in [1.82, 2.24) is 0 Å². The van der Waals surface area contributed by atoms with Crippen LogP contribution in [0.1, 0.15) is 189 Å². The van der Waals surface area contributed by atoms with Crippen molar-refractivity contribution in [2.24, 2.45) is 33.6 Å². The summed E-state index contributed by atoms with van der Waals surface area (Å²) in [5, 5.41) is 17.6. The lowest BCUT2D eigenvalue weighted by Gasteiger charge is -2.40. The van der Waals surface area contributed by atoms with Gasteiger partial charge in [0, 0.05) is 24.3 Å². The average molecular weight is 1840 g/mol. The fourth-order valence-corrected chi connectivity index (χ4v) is 38.7. The number of aryl methyl sites for hydroxylation is 4. The van der Waals surface area contributed by atoms with E-state index < -0.39 is 32.3 Å². The smallest absolute Gasteiger partial charge is 0.200 e. The van der Waals surface area contributed by atoms with E-state index in [0.29, 0.717) is 29.1 Å². The molecule has 4 aliphatic rings. The van der Waals surface area contributed by atoms with Gasteiger partial charge in [0.25, 0.3) is 0 Å². The number of benzene rings is 12. The molecule has 0 radical (unpaired) electrons. The van der Waals surface area contributed by atoms with Gasteiger partial charge in [-0.05, 0) is 216 Å². The highest BCUT2D eigenvalue weighted by molar-refractivity contribution is 6.93. The Bertz CT molecular complexity index is 7040. The SMILES string of the molecule is Cc1c(-c2c3ccc([Si]4(C)CCC(C)(C)CC4)cc3cc[n+]2C)cc(-c2ccccc2)cc1C(C)C.Cc1c(-c2c3ccc([Si]4(C)CCC4)cc3cc[n+]2C)cc(-c2ccccc2)cc1C(C)C.Cc1c(-c2c3ccc([Si]4(C)CCCC4)cc3cc[n+]2C)cc(-c2ccccc2)cc1C(C)C.Cc1c(-c2c3ccc([Si]4(C)CCCCC4)cc3cc[n+]2C)cc(-c2ccccc2)cc1C(C)C. The molecule has 0 spiro atoms. The van der Waals surface area contributed by atoms with Crippen LogP contribution in [0.3, 0.4) is 0 Å². The molecule has 4 aliphatic heterocycles. The average Bonchev–Trinajstić information content (AvgIpc) is 1.23. The predicted molar refractivity (Wildman–Crippen MR) is 593 cm³/mol. The van der Waals surface area contributed by atoms with Gasteiger partial charge < -0.3 is 0 Å². The van der Waals surface area contributed by atoms with Crippen LogP contribution in [0.5, 0.6) is 0 Å². The third-order valence-electron chi connectivity index (χ3n) is 32.9. The van der Waals surface area contributed by atoms with Crippen LogP contribution in [-0.4, -0.2) is 32.3 Å². The summed E-state index contributed by atoms with van der Waals surface area (Å²) in [6, 6.07) is 113. The van der Waals surface area contributed by atoms with Gasteiger partial charge in [0.15, 0.2) is 24.8 Å². The summed E-state index contributed by atoms with van der Waals surface area (Å²) in [4.78, 5) is 0. The summed E-state index contributed by atoms with van der Waals surface area (Å²) in [5.74, 6) is 1.91. The number of pyridine rings is 4. The standard InChI is InChI=1S/C34H42NSi.C32H38NSi.C31H36NSi.C30H34NSi/c1-24(2)31-22-28(26-11-9-8-10-12-26)23-32(25(31)3)33-30-14-13-29(21-27(30)15-18-35(33)6)36(7)19-16-34(4,5)17-20-36;1-23(2)30-21-27(25-12-8-6-9-13-25)22-31(24(30)3)32-29-15-14-28(20-26(29)16-17-33(32)4)34(5)18-10-7-11-19-34;1-22(2)29-20-26(24-11-7-6-8-12-24)21-30(23(29)3)31-28-14-13-27(33(5)17-9-10-18-33)19-25(28)15-16-32(31)4;1-21(2)28-19-25(23-10-7-6-8-11-23)20-29(22(28)3)30-27-13-12-26(32(5)16-9-17-32)18-24(27)14-15-31(30)4/h8-15,18,21-24H,16-17,19-20H2,1-7H3;6,8-9,12-17,20-23H,7,10-11,18-19H2,1-5H3;6-8,11-16,19-22H,9-10,17-18H2,1-5H3;6-8,10-15,18-21H,9,16-17H2,1-5H3/q4*+1. The van der Waals surface area contributed by atoms with Gasteiger partial charge in [0.1, 0.15) is 28.2 Å². The number of nitrogens with zero attached hydrogens (tertiary/aromatic N) is 4. The van der Waals surface area contributed by atoms with Crippen molar-refractivity contribution in [1.29, 1.82) is 0 Å². The molecule has 4 aromatic heterocycles. The van der Waals surface area contributed by atoms with Crippen molar-refractivity contribution in [3.05, 3.63) is 336 Å². The van der Waals surface area contributed by atoms with E-state index in [1.807, 2.05) is 0 Å². The Hall–Kier alpha value is -10.9. The van der Waals surface area contributed by atoms with Crippen molar-refractivity contribution >= 4 is 96.1 Å². The van der Waals surface area contributed by atoms with Crippen LogP contribution in [0, 0.1) is 33.1 Å². The quantitative estimate of drug-likeness (QED) is 0.0677. The van der Waals surface area contributed by atoms with E-state index in [9.17, 15) is 0 Å². The first-order valence-corrected chi connectivity index (χ1v) is 62.9. The lowest BCUT2D eigenvalue weighted by atomic mass is 9.87. The molecule has 0 saturated carbocycles. The summed E-state index contributed by atoms with van der Waals surface area (Å²) < 4.78 is 9.28. The van der Waals surface area contributed by atoms with Crippen molar-refractivity contribution in [2.75, 3.05) is 0 Å². The van der Waals surface area contributed by atoms with E-state index in [1.54, 1.807) is 20.7 Å². The molecule has 0 aliphatic carbocycles. The Labute approximate surface area is 814 Å². The molecule has 20 rings (SSSR count). The highest BCUT2D eigenvalue weighted by Gasteiger charge is 2.41. The molecule has 0 amide bonds. The fourth-order valence-electron chi connectivity index (χ4n) is 23.7. The predicted octanol–water partition coefficient (Wildman–Crippen LogP) is 31.1. The molecular formula is C127H150N4Si4+4. The summed E-state index contributed by atoms with van der Waals surface area (Å²) in [6.07, 6.45) is 20.3. The molecule has 690 valence electrons. The minimum Gasteiger partial charge on any atom is -0.200 e. The lowest BCUT2D eigenvalue weighted by molar-refractivity contribution is -0.659. The second kappa shape index (κ2) is 39.7. The summed E-state index contributed by atoms with van der Waals surface area (Å²) in [7, 11) is 3.54. The molecule has 0 N–H and O–H groups in total. The Morgan fingerprint density at radius 2 is 0.452 bits per heavy atom. The number of hydrogen-bond donors (Lipinski definition) is 0. The Kier molecular flexibility index (Phi) is 28.2. The summed E-state index contributed by atoms with van der Waals surface area (Å²) in [5.41, 5.74) is 32.9. The van der Waals surface area contributed by atoms with Gasteiger partial charge in [0.2, 0.25) is 22.8 Å². The van der Waals surface area contributed by atoms with E-state index >= 15 is 0 Å². The van der Waals surface area contributed by atoms with Crippen LogP contribution >= 0.6 is 0 Å². The Morgan fingerprint density at radius 3 is 0.667 bits per heavy atom. The maximum atomic E-state index is 2.62. The van der Waals surface area contributed by atoms with Crippen LogP contribution in [0.4, 0.5) is 0 Å². The Balaban J connectivity index is 0.000000125. The molecule has 0 unspecified atom stereocenters. The van der Waals surface area contributed by atoms with Crippen molar-refractivity contribution in [3.8, 4) is 89.5 Å². The van der Waals surface area contributed by atoms with E-state index in [0.717, 1.165) is 0 Å². The molecule has 16 aromatic rings. The monoisotopic (exact) mass is 1840 g/mol. The van der Waals surface area contributed by atoms with Crippen LogP contribution in [0.2, 0.25) is 74.5 Å². The number of hydrogen-bond acceptors (Lipinski definition) is 0. The summed E-state index contributed by atoms with van der Waals surface area (Å²) in [6.45, 7) is 43.0. The molecule has 0 atom stereocenters. The van der Waals surface area contributed by atoms with Crippen molar-refractivity contribution in [2.45, 2.75) is 247 Å². The van der Waals surface area contributed by atoms with Crippen LogP contribution in [0.25, 0.3) is 133 Å². The lowest BCUT2D eigenvalue weighted by Crippen LogP contribution is -2.50. The molecule has 8 heteroatoms. The van der Waals surface area contributed by atoms with E-state index in [4.69, 9.17) is 0 Å². The molecule has 4 saturated heterocycles. The maximum Gasteiger partial charge on any atom is 0.220 e. The van der Waals surface area contributed by atoms with Gasteiger partial charge in [-0.3, -0.25) is 0 Å².